The number of hydrogen-bond acceptors (Lipinski definition) is 6. The van der Waals surface area contributed by atoms with Crippen LogP contribution in [0.3, 0.4) is 0 Å². The van der Waals surface area contributed by atoms with Crippen LogP contribution in [-0.2, 0) is 0 Å². The molecule has 0 amide bonds. The van der Waals surface area contributed by atoms with Gasteiger partial charge in [-0.25, -0.2) is 9.37 Å². The second-order valence-corrected chi connectivity index (χ2v) is 7.88. The van der Waals surface area contributed by atoms with Gasteiger partial charge >= 0.3 is 0 Å². The van der Waals surface area contributed by atoms with Gasteiger partial charge in [-0.15, -0.1) is 0 Å². The Hall–Kier alpha value is -2.80. The molecule has 30 heavy (non-hydrogen) atoms. The summed E-state index contributed by atoms with van der Waals surface area (Å²) < 4.78 is 18.4. The van der Waals surface area contributed by atoms with Gasteiger partial charge in [-0.05, 0) is 75.7 Å². The molecule has 2 aromatic heterocycles. The second kappa shape index (κ2) is 9.80. The molecule has 1 aliphatic rings. The summed E-state index contributed by atoms with van der Waals surface area (Å²) in [6.45, 7) is 5.65. The molecule has 6 nitrogen and oxygen atoms in total. The van der Waals surface area contributed by atoms with E-state index >= 15 is 0 Å². The first-order valence-corrected chi connectivity index (χ1v) is 10.7. The first kappa shape index (κ1) is 20.5. The van der Waals surface area contributed by atoms with Crippen LogP contribution < -0.4 is 5.32 Å². The number of likely N-dealkylation sites (tertiary alicyclic amines) is 1. The number of rotatable bonds is 7. The third-order valence-electron chi connectivity index (χ3n) is 5.67. The Kier molecular flexibility index (Phi) is 6.69. The first-order valence-electron chi connectivity index (χ1n) is 10.7. The molecule has 1 atom stereocenters. The minimum absolute atomic E-state index is 0.296. The van der Waals surface area contributed by atoms with Crippen LogP contribution in [0.4, 0.5) is 10.2 Å². The molecule has 0 unspecified atom stereocenters. The number of nitrogens with zero attached hydrogens (tertiary/aromatic N) is 4. The summed E-state index contributed by atoms with van der Waals surface area (Å²) in [5.74, 6) is 1.36. The van der Waals surface area contributed by atoms with Gasteiger partial charge in [0.15, 0.2) is 0 Å². The van der Waals surface area contributed by atoms with E-state index in [1.807, 2.05) is 12.1 Å². The highest BCUT2D eigenvalue weighted by molar-refractivity contribution is 5.60. The van der Waals surface area contributed by atoms with Gasteiger partial charge in [0.2, 0.25) is 5.82 Å². The lowest BCUT2D eigenvalue weighted by Gasteiger charge is -2.27. The Bertz CT molecular complexity index is 918. The zero-order valence-electron chi connectivity index (χ0n) is 17.4. The highest BCUT2D eigenvalue weighted by atomic mass is 19.1. The maximum Gasteiger partial charge on any atom is 0.259 e. The van der Waals surface area contributed by atoms with Crippen molar-refractivity contribution in [1.82, 2.24) is 20.0 Å². The van der Waals surface area contributed by atoms with Crippen molar-refractivity contribution in [3.05, 3.63) is 48.4 Å². The number of hydrogen-bond donors (Lipinski definition) is 1. The molecule has 158 valence electrons. The Morgan fingerprint density at radius 1 is 1.03 bits per heavy atom. The van der Waals surface area contributed by atoms with Crippen LogP contribution in [0.1, 0.15) is 39.0 Å². The van der Waals surface area contributed by atoms with E-state index in [1.165, 1.54) is 50.9 Å². The maximum absolute atomic E-state index is 13.1. The molecule has 1 fully saturated rings. The van der Waals surface area contributed by atoms with Crippen molar-refractivity contribution in [2.75, 3.05) is 25.0 Å². The summed E-state index contributed by atoms with van der Waals surface area (Å²) in [5, 5.41) is 7.38. The Labute approximate surface area is 176 Å². The summed E-state index contributed by atoms with van der Waals surface area (Å²) >= 11 is 0. The lowest BCUT2D eigenvalue weighted by molar-refractivity contribution is 0.210. The molecule has 0 spiro atoms. The zero-order chi connectivity index (χ0) is 20.8. The van der Waals surface area contributed by atoms with E-state index in [-0.39, 0.29) is 5.82 Å². The summed E-state index contributed by atoms with van der Waals surface area (Å²) in [4.78, 5) is 11.5. The van der Waals surface area contributed by atoms with Crippen molar-refractivity contribution in [3.8, 4) is 22.8 Å². The number of halogens is 1. The van der Waals surface area contributed by atoms with E-state index in [0.717, 1.165) is 24.3 Å². The average Bonchev–Trinajstić information content (AvgIpc) is 3.09. The fraction of sp³-hybridized carbons (Fsp3) is 0.435. The Morgan fingerprint density at radius 3 is 2.47 bits per heavy atom. The smallest absolute Gasteiger partial charge is 0.259 e. The van der Waals surface area contributed by atoms with Crippen molar-refractivity contribution in [2.24, 2.45) is 0 Å². The molecule has 0 bridgehead atoms. The molecule has 1 aromatic carbocycles. The van der Waals surface area contributed by atoms with E-state index in [4.69, 9.17) is 4.52 Å². The van der Waals surface area contributed by atoms with E-state index in [0.29, 0.717) is 23.3 Å². The molecule has 0 radical (unpaired) electrons. The highest BCUT2D eigenvalue weighted by Crippen LogP contribution is 2.22. The molecule has 4 rings (SSSR count). The monoisotopic (exact) mass is 409 g/mol. The van der Waals surface area contributed by atoms with Crippen molar-refractivity contribution in [2.45, 2.75) is 45.1 Å². The molecular weight excluding hydrogens is 381 g/mol. The van der Waals surface area contributed by atoms with Gasteiger partial charge in [0.25, 0.3) is 5.89 Å². The third kappa shape index (κ3) is 5.21. The fourth-order valence-electron chi connectivity index (χ4n) is 3.81. The quantitative estimate of drug-likeness (QED) is 0.592. The van der Waals surface area contributed by atoms with Crippen LogP contribution in [-0.4, -0.2) is 45.7 Å². The summed E-state index contributed by atoms with van der Waals surface area (Å²) in [6, 6.07) is 10.4. The van der Waals surface area contributed by atoms with E-state index in [9.17, 15) is 4.39 Å². The minimum atomic E-state index is -0.296. The lowest BCUT2D eigenvalue weighted by Crippen LogP contribution is -2.35. The van der Waals surface area contributed by atoms with E-state index in [1.54, 1.807) is 18.3 Å². The highest BCUT2D eigenvalue weighted by Gasteiger charge is 2.15. The number of benzene rings is 1. The topological polar surface area (TPSA) is 67.1 Å². The van der Waals surface area contributed by atoms with Crippen LogP contribution in [0.15, 0.2) is 47.1 Å². The van der Waals surface area contributed by atoms with Crippen molar-refractivity contribution < 1.29 is 8.91 Å². The number of nitrogens with one attached hydrogen (secondary N) is 1. The van der Waals surface area contributed by atoms with Gasteiger partial charge in [-0.1, -0.05) is 18.0 Å². The SMILES string of the molecule is C[C@H](CCNc1ccc(-c2nc(-c3ccc(F)cc3)no2)cn1)N1CCCCCC1. The van der Waals surface area contributed by atoms with Gasteiger partial charge in [-0.3, -0.25) is 0 Å². The first-order chi connectivity index (χ1) is 14.7. The van der Waals surface area contributed by atoms with Gasteiger partial charge in [0, 0.05) is 24.3 Å². The number of aromatic nitrogens is 3. The van der Waals surface area contributed by atoms with Gasteiger partial charge < -0.3 is 14.7 Å². The van der Waals surface area contributed by atoms with E-state index < -0.39 is 0 Å². The fourth-order valence-corrected chi connectivity index (χ4v) is 3.81. The van der Waals surface area contributed by atoms with E-state index in [2.05, 4.69) is 32.3 Å². The minimum Gasteiger partial charge on any atom is -0.370 e. The summed E-state index contributed by atoms with van der Waals surface area (Å²) in [7, 11) is 0. The molecule has 1 aliphatic heterocycles. The predicted molar refractivity (Wildman–Crippen MR) is 116 cm³/mol. The molecule has 3 aromatic rings. The zero-order valence-corrected chi connectivity index (χ0v) is 17.4. The van der Waals surface area contributed by atoms with Gasteiger partial charge in [0.05, 0.1) is 5.56 Å². The number of pyridine rings is 1. The van der Waals surface area contributed by atoms with Crippen LogP contribution in [0.2, 0.25) is 0 Å². The molecule has 1 saturated heterocycles. The maximum atomic E-state index is 13.1. The molecule has 3 heterocycles. The normalized spacial score (nSPS) is 16.2. The Balaban J connectivity index is 1.30. The van der Waals surface area contributed by atoms with Crippen molar-refractivity contribution in [3.63, 3.8) is 0 Å². The molecule has 7 heteroatoms. The van der Waals surface area contributed by atoms with Crippen molar-refractivity contribution >= 4 is 5.82 Å². The average molecular weight is 410 g/mol. The van der Waals surface area contributed by atoms with Gasteiger partial charge in [-0.2, -0.15) is 4.98 Å². The lowest BCUT2D eigenvalue weighted by atomic mass is 10.2. The molecule has 0 aliphatic carbocycles. The predicted octanol–water partition coefficient (Wildman–Crippen LogP) is 5.00. The summed E-state index contributed by atoms with van der Waals surface area (Å²) in [6.07, 6.45) is 8.18. The molecule has 0 saturated carbocycles. The van der Waals surface area contributed by atoms with Crippen LogP contribution in [0, 0.1) is 5.82 Å². The van der Waals surface area contributed by atoms with Crippen LogP contribution in [0.5, 0.6) is 0 Å². The second-order valence-electron chi connectivity index (χ2n) is 7.88. The largest absolute Gasteiger partial charge is 0.370 e. The summed E-state index contributed by atoms with van der Waals surface area (Å²) in [5.41, 5.74) is 1.45. The Morgan fingerprint density at radius 2 is 1.77 bits per heavy atom. The number of anilines is 1. The van der Waals surface area contributed by atoms with Crippen molar-refractivity contribution in [1.29, 1.82) is 0 Å². The van der Waals surface area contributed by atoms with Crippen LogP contribution >= 0.6 is 0 Å². The molecule has 1 N–H and O–H groups in total. The third-order valence-corrected chi connectivity index (χ3v) is 5.67. The van der Waals surface area contributed by atoms with Gasteiger partial charge in [0.1, 0.15) is 11.6 Å². The van der Waals surface area contributed by atoms with Crippen LogP contribution in [0.25, 0.3) is 22.8 Å². The molecular formula is C23H28FN5O. The standard InChI is InChI=1S/C23H28FN5O/c1-17(29-14-4-2-3-5-15-29)12-13-25-21-11-8-19(16-26-21)23-27-22(28-30-23)18-6-9-20(24)10-7-18/h6-11,16-17H,2-5,12-15H2,1H3,(H,25,26)/t17-/m1/s1.